The summed E-state index contributed by atoms with van der Waals surface area (Å²) >= 11 is 0. The highest BCUT2D eigenvalue weighted by atomic mass is 17.2. The second-order valence-corrected chi connectivity index (χ2v) is 9.96. The Morgan fingerprint density at radius 1 is 1.08 bits per heavy atom. The van der Waals surface area contributed by atoms with Gasteiger partial charge in [0, 0.05) is 42.9 Å². The molecular weight excluding hydrogens is 464 g/mol. The Hall–Kier alpha value is -3.47. The molecule has 1 saturated heterocycles. The molecule has 1 aromatic carbocycles. The molecule has 0 unspecified atom stereocenters. The van der Waals surface area contributed by atoms with Crippen LogP contribution in [0.25, 0.3) is 22.3 Å². The van der Waals surface area contributed by atoms with Crippen molar-refractivity contribution in [1.29, 1.82) is 0 Å². The summed E-state index contributed by atoms with van der Waals surface area (Å²) in [6, 6.07) is 5.68. The number of rotatable bonds is 2. The Balaban J connectivity index is 1.48. The molecule has 1 fully saturated rings. The molecule has 10 heteroatoms. The third kappa shape index (κ3) is 2.80. The lowest BCUT2D eigenvalue weighted by molar-refractivity contribution is -0.220. The Morgan fingerprint density at radius 2 is 1.89 bits per heavy atom. The van der Waals surface area contributed by atoms with Crippen molar-refractivity contribution in [2.45, 2.75) is 38.7 Å². The fourth-order valence-electron chi connectivity index (χ4n) is 5.92. The molecule has 186 valence electrons. The van der Waals surface area contributed by atoms with Crippen molar-refractivity contribution in [3.8, 4) is 17.1 Å². The first-order valence-corrected chi connectivity index (χ1v) is 12.3. The smallest absolute Gasteiger partial charge is 0.343 e. The van der Waals surface area contributed by atoms with Gasteiger partial charge in [0.25, 0.3) is 5.56 Å². The van der Waals surface area contributed by atoms with Crippen LogP contribution in [0.15, 0.2) is 23.0 Å². The van der Waals surface area contributed by atoms with Gasteiger partial charge >= 0.3 is 5.97 Å². The number of carbonyl (C=O) groups is 1. The first kappa shape index (κ1) is 21.8. The fraction of sp³-hybridized carbons (Fsp3) is 0.423. The molecule has 7 rings (SSSR count). The number of ether oxygens (including phenoxy) is 1. The highest BCUT2D eigenvalue weighted by Gasteiger charge is 2.45. The van der Waals surface area contributed by atoms with Gasteiger partial charge in [-0.15, -0.1) is 0 Å². The molecule has 1 atom stereocenters. The summed E-state index contributed by atoms with van der Waals surface area (Å²) in [7, 11) is 2.12. The highest BCUT2D eigenvalue weighted by molar-refractivity contribution is 6.00. The van der Waals surface area contributed by atoms with Gasteiger partial charge in [0.15, 0.2) is 11.4 Å². The van der Waals surface area contributed by atoms with E-state index in [1.807, 2.05) is 12.1 Å². The van der Waals surface area contributed by atoms with E-state index in [1.54, 1.807) is 17.6 Å². The molecule has 0 bridgehead atoms. The third-order valence-corrected chi connectivity index (χ3v) is 8.09. The molecular formula is C26H26N4O6. The van der Waals surface area contributed by atoms with E-state index in [1.165, 1.54) is 0 Å². The van der Waals surface area contributed by atoms with Crippen LogP contribution in [0.4, 0.5) is 5.69 Å². The average molecular weight is 491 g/mol. The monoisotopic (exact) mass is 490 g/mol. The number of carbonyl (C=O) groups excluding carboxylic acids is 1. The molecule has 2 aromatic heterocycles. The first-order chi connectivity index (χ1) is 17.4. The summed E-state index contributed by atoms with van der Waals surface area (Å²) in [4.78, 5) is 46.8. The summed E-state index contributed by atoms with van der Waals surface area (Å²) < 4.78 is 6.85. The van der Waals surface area contributed by atoms with Crippen molar-refractivity contribution in [1.82, 2.24) is 14.5 Å². The minimum Gasteiger partial charge on any atom is -0.458 e. The van der Waals surface area contributed by atoms with E-state index in [-0.39, 0.29) is 25.2 Å². The molecule has 0 amide bonds. The maximum absolute atomic E-state index is 13.6. The van der Waals surface area contributed by atoms with Crippen molar-refractivity contribution < 1.29 is 24.4 Å². The molecule has 1 N–H and O–H groups in total. The number of pyridine rings is 2. The van der Waals surface area contributed by atoms with Crippen LogP contribution in [-0.2, 0) is 39.8 Å². The molecule has 36 heavy (non-hydrogen) atoms. The van der Waals surface area contributed by atoms with Crippen LogP contribution in [0.5, 0.6) is 5.75 Å². The maximum Gasteiger partial charge on any atom is 0.343 e. The van der Waals surface area contributed by atoms with Crippen LogP contribution in [0.2, 0.25) is 0 Å². The number of fused-ring (bicyclic) bond motifs is 5. The van der Waals surface area contributed by atoms with Gasteiger partial charge in [-0.1, -0.05) is 6.92 Å². The number of anilines is 1. The van der Waals surface area contributed by atoms with Crippen LogP contribution >= 0.6 is 0 Å². The molecule has 3 aromatic rings. The van der Waals surface area contributed by atoms with Crippen LogP contribution < -0.4 is 15.3 Å². The zero-order valence-corrected chi connectivity index (χ0v) is 20.2. The van der Waals surface area contributed by atoms with Gasteiger partial charge in [-0.2, -0.15) is 4.89 Å². The number of esters is 1. The van der Waals surface area contributed by atoms with Crippen molar-refractivity contribution >= 4 is 22.6 Å². The largest absolute Gasteiger partial charge is 0.458 e. The lowest BCUT2D eigenvalue weighted by Crippen LogP contribution is -2.44. The lowest BCUT2D eigenvalue weighted by atomic mass is 9.86. The van der Waals surface area contributed by atoms with Crippen LogP contribution in [0.3, 0.4) is 0 Å². The second kappa shape index (κ2) is 7.52. The van der Waals surface area contributed by atoms with Gasteiger partial charge in [0.1, 0.15) is 13.2 Å². The third-order valence-electron chi connectivity index (χ3n) is 8.09. The van der Waals surface area contributed by atoms with Gasteiger partial charge in [0.2, 0.25) is 0 Å². The topological polar surface area (TPSA) is 106 Å². The number of likely N-dealkylation sites (N-methyl/N-ethyl adjacent to an activating group) is 1. The Morgan fingerprint density at radius 3 is 2.67 bits per heavy atom. The van der Waals surface area contributed by atoms with E-state index in [0.717, 1.165) is 53.9 Å². The molecule has 0 spiro atoms. The SMILES string of the molecule is CC[C@@]1(O)C(=O)OCc2c1cc1n(c2=O)Cc2c-1nc1c(N3CCN(C)CC3)ccc3c1c2COO3. The van der Waals surface area contributed by atoms with Gasteiger partial charge in [-0.05, 0) is 31.7 Å². The number of piperazine rings is 1. The van der Waals surface area contributed by atoms with Crippen LogP contribution in [0.1, 0.15) is 35.6 Å². The number of aliphatic hydroxyl groups is 1. The number of aromatic nitrogens is 2. The van der Waals surface area contributed by atoms with Crippen molar-refractivity contribution in [3.05, 3.63) is 50.8 Å². The summed E-state index contributed by atoms with van der Waals surface area (Å²) in [5.74, 6) is -0.115. The Kier molecular flexibility index (Phi) is 4.55. The first-order valence-electron chi connectivity index (χ1n) is 12.3. The van der Waals surface area contributed by atoms with Gasteiger partial charge < -0.3 is 29.1 Å². The van der Waals surface area contributed by atoms with E-state index < -0.39 is 11.6 Å². The molecule has 4 aliphatic rings. The predicted molar refractivity (Wildman–Crippen MR) is 130 cm³/mol. The zero-order chi connectivity index (χ0) is 24.8. The summed E-state index contributed by atoms with van der Waals surface area (Å²) in [6.45, 7) is 5.79. The molecule has 10 nitrogen and oxygen atoms in total. The number of nitrogens with zero attached hydrogens (tertiary/aromatic N) is 4. The number of hydrogen-bond donors (Lipinski definition) is 1. The zero-order valence-electron chi connectivity index (χ0n) is 20.2. The van der Waals surface area contributed by atoms with E-state index in [0.29, 0.717) is 34.8 Å². The minimum absolute atomic E-state index is 0.104. The fourth-order valence-corrected chi connectivity index (χ4v) is 5.92. The molecule has 0 aliphatic carbocycles. The average Bonchev–Trinajstić information content (AvgIpc) is 3.27. The van der Waals surface area contributed by atoms with E-state index in [9.17, 15) is 14.7 Å². The van der Waals surface area contributed by atoms with E-state index in [2.05, 4.69) is 16.8 Å². The number of hydrogen-bond acceptors (Lipinski definition) is 9. The predicted octanol–water partition coefficient (Wildman–Crippen LogP) is 1.66. The van der Waals surface area contributed by atoms with Gasteiger partial charge in [-0.3, -0.25) is 4.79 Å². The summed E-state index contributed by atoms with van der Waals surface area (Å²) in [5.41, 5.74) is 3.43. The normalized spacial score (nSPS) is 22.6. The molecule has 0 radical (unpaired) electrons. The molecule has 6 heterocycles. The number of cyclic esters (lactones) is 1. The maximum atomic E-state index is 13.6. The molecule has 4 aliphatic heterocycles. The van der Waals surface area contributed by atoms with Crippen molar-refractivity contribution in [2.24, 2.45) is 0 Å². The standard InChI is InChI=1S/C26H26N4O6/c1-3-26(33)17-10-19-22-14(11-30(19)24(31)16(17)12-34-25(26)32)15-13-35-36-20-5-4-18(23(27-22)21(15)20)29-8-6-28(2)7-9-29/h4-5,10,33H,3,6-9,11-13H2,1-2H3/t26-/m0/s1. The highest BCUT2D eigenvalue weighted by Crippen LogP contribution is 2.45. The van der Waals surface area contributed by atoms with Crippen molar-refractivity contribution in [2.75, 3.05) is 38.1 Å². The quantitative estimate of drug-likeness (QED) is 0.332. The minimum atomic E-state index is -1.86. The second-order valence-electron chi connectivity index (χ2n) is 9.96. The van der Waals surface area contributed by atoms with E-state index >= 15 is 0 Å². The van der Waals surface area contributed by atoms with Crippen molar-refractivity contribution in [3.63, 3.8) is 0 Å². The van der Waals surface area contributed by atoms with E-state index in [4.69, 9.17) is 19.5 Å². The van der Waals surface area contributed by atoms with Gasteiger partial charge in [0.05, 0.1) is 40.1 Å². The molecule has 0 saturated carbocycles. The summed E-state index contributed by atoms with van der Waals surface area (Å²) in [6.07, 6.45) is 0.104. The van der Waals surface area contributed by atoms with Crippen LogP contribution in [-0.4, -0.2) is 58.8 Å². The Bertz CT molecular complexity index is 1520. The van der Waals surface area contributed by atoms with Crippen LogP contribution in [0, 0.1) is 0 Å². The number of benzene rings is 1. The van der Waals surface area contributed by atoms with Gasteiger partial charge in [-0.25, -0.2) is 9.78 Å². The summed E-state index contributed by atoms with van der Waals surface area (Å²) in [5, 5.41) is 12.1. The Labute approximate surface area is 206 Å². The lowest BCUT2D eigenvalue weighted by Gasteiger charge is -2.35.